The molecule has 0 spiro atoms. The molecular formula is C15H20N2O2S4. The Morgan fingerprint density at radius 2 is 2.09 bits per heavy atom. The predicted octanol–water partition coefficient (Wildman–Crippen LogP) is 5.46. The van der Waals surface area contributed by atoms with Crippen molar-refractivity contribution in [3.63, 3.8) is 0 Å². The van der Waals surface area contributed by atoms with Gasteiger partial charge >= 0.3 is 6.09 Å². The van der Waals surface area contributed by atoms with Crippen molar-refractivity contribution in [3.8, 4) is 0 Å². The summed E-state index contributed by atoms with van der Waals surface area (Å²) in [6, 6.07) is 8.25. The summed E-state index contributed by atoms with van der Waals surface area (Å²) in [7, 11) is 4.59. The minimum atomic E-state index is -0.458. The fraction of sp³-hybridized carbons (Fsp3) is 0.467. The summed E-state index contributed by atoms with van der Waals surface area (Å²) in [6.45, 7) is 6.55. The fourth-order valence-corrected chi connectivity index (χ4v) is 5.96. The summed E-state index contributed by atoms with van der Waals surface area (Å²) in [5.41, 5.74) is 1.32. The molecule has 2 rings (SSSR count). The Labute approximate surface area is 154 Å². The highest BCUT2D eigenvalue weighted by Gasteiger charge is 2.20. The number of amides is 1. The number of nitrogens with zero attached hydrogens (tertiary/aromatic N) is 2. The molecule has 0 unspecified atom stereocenters. The Bertz CT molecular complexity index is 579. The molecule has 1 aromatic carbocycles. The second-order valence-electron chi connectivity index (χ2n) is 5.85. The minimum absolute atomic E-state index is 0.0621. The van der Waals surface area contributed by atoms with E-state index in [0.717, 1.165) is 20.8 Å². The summed E-state index contributed by atoms with van der Waals surface area (Å²) in [5.74, 6) is 0.822. The summed E-state index contributed by atoms with van der Waals surface area (Å²) >= 11 is 3.39. The lowest BCUT2D eigenvalue weighted by Crippen LogP contribution is -2.18. The zero-order valence-electron chi connectivity index (χ0n) is 13.6. The van der Waals surface area contributed by atoms with Crippen LogP contribution in [0.5, 0.6) is 0 Å². The van der Waals surface area contributed by atoms with Crippen LogP contribution in [0.3, 0.4) is 0 Å². The van der Waals surface area contributed by atoms with Crippen molar-refractivity contribution in [3.05, 3.63) is 29.8 Å². The zero-order chi connectivity index (χ0) is 16.9. The first kappa shape index (κ1) is 18.9. The molecule has 0 aromatic heterocycles. The number of rotatable bonds is 4. The predicted molar refractivity (Wildman–Crippen MR) is 105 cm³/mol. The second-order valence-corrected chi connectivity index (χ2v) is 10.5. The van der Waals surface area contributed by atoms with Gasteiger partial charge in [0.1, 0.15) is 5.04 Å². The third-order valence-corrected chi connectivity index (χ3v) is 7.72. The Balaban J connectivity index is 1.90. The Morgan fingerprint density at radius 3 is 2.74 bits per heavy atom. The van der Waals surface area contributed by atoms with Gasteiger partial charge in [0.25, 0.3) is 0 Å². The van der Waals surface area contributed by atoms with Crippen LogP contribution in [0.15, 0.2) is 34.3 Å². The van der Waals surface area contributed by atoms with Gasteiger partial charge in [-0.1, -0.05) is 55.9 Å². The number of benzene rings is 1. The van der Waals surface area contributed by atoms with Gasteiger partial charge in [-0.05, 0) is 27.8 Å². The van der Waals surface area contributed by atoms with E-state index in [0.29, 0.717) is 0 Å². The van der Waals surface area contributed by atoms with Gasteiger partial charge in [0.15, 0.2) is 0 Å². The molecule has 1 amide bonds. The molecule has 0 bridgehead atoms. The molecule has 1 fully saturated rings. The standard InChI is InChI=1S/C15H20N2O2S4/c1-15(2,3)11-7-5-6-8-12(11)22-23-17(4)14(18)19-16-13-9-20-10-21-13/h5-8H,9-10H2,1-4H3. The van der Waals surface area contributed by atoms with Gasteiger partial charge < -0.3 is 0 Å². The average molecular weight is 389 g/mol. The smallest absolute Gasteiger partial charge is 0.296 e. The number of oxime groups is 1. The molecule has 1 heterocycles. The molecule has 0 aliphatic carbocycles. The van der Waals surface area contributed by atoms with Crippen LogP contribution < -0.4 is 0 Å². The molecule has 1 saturated heterocycles. The lowest BCUT2D eigenvalue weighted by molar-refractivity contribution is 0.137. The van der Waals surface area contributed by atoms with E-state index in [1.165, 1.54) is 20.8 Å². The van der Waals surface area contributed by atoms with Gasteiger partial charge in [0, 0.05) is 33.8 Å². The first-order valence-corrected chi connectivity index (χ1v) is 11.3. The molecule has 126 valence electrons. The van der Waals surface area contributed by atoms with Crippen LogP contribution in [-0.4, -0.2) is 33.3 Å². The second kappa shape index (κ2) is 8.60. The third-order valence-electron chi connectivity index (χ3n) is 2.95. The van der Waals surface area contributed by atoms with E-state index < -0.39 is 6.09 Å². The first-order chi connectivity index (χ1) is 10.9. The van der Waals surface area contributed by atoms with Gasteiger partial charge in [0.05, 0.1) is 0 Å². The van der Waals surface area contributed by atoms with Crippen LogP contribution >= 0.6 is 45.3 Å². The van der Waals surface area contributed by atoms with Crippen molar-refractivity contribution in [1.82, 2.24) is 4.31 Å². The number of hydrogen-bond acceptors (Lipinski definition) is 7. The number of thioether (sulfide) groups is 2. The van der Waals surface area contributed by atoms with Crippen molar-refractivity contribution in [1.29, 1.82) is 0 Å². The maximum atomic E-state index is 11.9. The Hall–Kier alpha value is -0.440. The largest absolute Gasteiger partial charge is 0.446 e. The quantitative estimate of drug-likeness (QED) is 0.295. The van der Waals surface area contributed by atoms with Crippen LogP contribution in [0, 0.1) is 0 Å². The molecule has 1 aliphatic rings. The average Bonchev–Trinajstić information content (AvgIpc) is 3.03. The maximum absolute atomic E-state index is 11.9. The van der Waals surface area contributed by atoms with E-state index in [9.17, 15) is 4.79 Å². The molecule has 0 N–H and O–H groups in total. The molecule has 1 aliphatic heterocycles. The Kier molecular flexibility index (Phi) is 7.06. The molecule has 0 radical (unpaired) electrons. The van der Waals surface area contributed by atoms with E-state index in [1.54, 1.807) is 41.4 Å². The number of carbonyl (C=O) groups is 1. The fourth-order valence-electron chi connectivity index (χ4n) is 1.77. The van der Waals surface area contributed by atoms with Gasteiger partial charge in [-0.25, -0.2) is 9.10 Å². The summed E-state index contributed by atoms with van der Waals surface area (Å²) in [4.78, 5) is 18.1. The molecule has 0 saturated carbocycles. The van der Waals surface area contributed by atoms with E-state index in [1.807, 2.05) is 12.1 Å². The topological polar surface area (TPSA) is 41.9 Å². The lowest BCUT2D eigenvalue weighted by atomic mass is 9.87. The van der Waals surface area contributed by atoms with Crippen molar-refractivity contribution < 1.29 is 9.63 Å². The monoisotopic (exact) mass is 388 g/mol. The van der Waals surface area contributed by atoms with Gasteiger partial charge in [-0.15, -0.1) is 11.8 Å². The van der Waals surface area contributed by atoms with Crippen molar-refractivity contribution in [2.75, 3.05) is 17.9 Å². The molecule has 8 heteroatoms. The van der Waals surface area contributed by atoms with E-state index in [4.69, 9.17) is 4.84 Å². The summed E-state index contributed by atoms with van der Waals surface area (Å²) in [5, 5.41) is 5.74. The lowest BCUT2D eigenvalue weighted by Gasteiger charge is -2.22. The van der Waals surface area contributed by atoms with Gasteiger partial charge in [-0.3, -0.25) is 4.84 Å². The maximum Gasteiger partial charge on any atom is 0.446 e. The van der Waals surface area contributed by atoms with Crippen LogP contribution in [0.2, 0.25) is 0 Å². The number of carbonyl (C=O) groups excluding carboxylic acids is 1. The summed E-state index contributed by atoms with van der Waals surface area (Å²) < 4.78 is 1.46. The summed E-state index contributed by atoms with van der Waals surface area (Å²) in [6.07, 6.45) is -0.458. The molecular weight excluding hydrogens is 368 g/mol. The SMILES string of the molecule is CN(SSc1ccccc1C(C)(C)C)C(=O)ON=C1CSCS1. The molecule has 0 atom stereocenters. The zero-order valence-corrected chi connectivity index (χ0v) is 16.8. The normalized spacial score (nSPS) is 16.6. The van der Waals surface area contributed by atoms with Crippen LogP contribution in [0.4, 0.5) is 4.79 Å². The van der Waals surface area contributed by atoms with E-state index >= 15 is 0 Å². The van der Waals surface area contributed by atoms with Gasteiger partial charge in [0.2, 0.25) is 0 Å². The Morgan fingerprint density at radius 1 is 1.35 bits per heavy atom. The van der Waals surface area contributed by atoms with Gasteiger partial charge in [-0.2, -0.15) is 0 Å². The number of hydrogen-bond donors (Lipinski definition) is 0. The van der Waals surface area contributed by atoms with Crippen molar-refractivity contribution in [2.45, 2.75) is 31.1 Å². The first-order valence-electron chi connectivity index (χ1n) is 7.04. The molecule has 1 aromatic rings. The van der Waals surface area contributed by atoms with Crippen molar-refractivity contribution in [2.24, 2.45) is 5.16 Å². The van der Waals surface area contributed by atoms with E-state index in [2.05, 4.69) is 38.1 Å². The van der Waals surface area contributed by atoms with E-state index in [-0.39, 0.29) is 5.41 Å². The third kappa shape index (κ3) is 5.85. The minimum Gasteiger partial charge on any atom is -0.296 e. The van der Waals surface area contributed by atoms with Crippen molar-refractivity contribution >= 4 is 56.4 Å². The van der Waals surface area contributed by atoms with Crippen LogP contribution in [0.25, 0.3) is 0 Å². The van der Waals surface area contributed by atoms with Crippen LogP contribution in [-0.2, 0) is 10.3 Å². The highest BCUT2D eigenvalue weighted by molar-refractivity contribution is 8.75. The highest BCUT2D eigenvalue weighted by atomic mass is 33.1. The molecule has 23 heavy (non-hydrogen) atoms. The van der Waals surface area contributed by atoms with Crippen LogP contribution in [0.1, 0.15) is 26.3 Å². The highest BCUT2D eigenvalue weighted by Crippen LogP contribution is 2.39. The molecule has 4 nitrogen and oxygen atoms in total.